The number of benzene rings is 6. The monoisotopic (exact) mass is 764 g/mol. The molecule has 7 rings (SSSR count). The van der Waals surface area contributed by atoms with Crippen molar-refractivity contribution >= 4 is 5.78 Å². The van der Waals surface area contributed by atoms with Crippen LogP contribution in [0.2, 0.25) is 0 Å². The first-order chi connectivity index (χ1) is 27.9. The molecule has 0 amide bonds. The molecule has 5 atom stereocenters. The highest BCUT2D eigenvalue weighted by Gasteiger charge is 2.49. The number of hydrogen-bond donors (Lipinski definition) is 1. The lowest BCUT2D eigenvalue weighted by Crippen LogP contribution is -2.56. The van der Waals surface area contributed by atoms with Crippen LogP contribution < -0.4 is 9.47 Å². The van der Waals surface area contributed by atoms with E-state index in [9.17, 15) is 9.90 Å². The summed E-state index contributed by atoms with van der Waals surface area (Å²) in [6, 6.07) is 50.8. The summed E-state index contributed by atoms with van der Waals surface area (Å²) in [4.78, 5) is 13.5. The second-order valence-corrected chi connectivity index (χ2v) is 14.2. The summed E-state index contributed by atoms with van der Waals surface area (Å²) in [6.45, 7) is 4.50. The SMILES string of the molecule is CC(=O)c1c(OCc2ccccc2)cc(OCc2ccccc2)c([C@@H]2O[C@@H](C)[C@H](OCc3ccccc3)[C@@H](OCc3ccccc3)[C@H]2OCc2ccccc2)c1O. The van der Waals surface area contributed by atoms with E-state index in [1.165, 1.54) is 6.92 Å². The number of phenolic OH excluding ortho intramolecular Hbond substituents is 1. The van der Waals surface area contributed by atoms with Gasteiger partial charge in [0, 0.05) is 6.07 Å². The molecule has 1 N–H and O–H groups in total. The maximum atomic E-state index is 13.5. The minimum atomic E-state index is -0.965. The van der Waals surface area contributed by atoms with Crippen molar-refractivity contribution in [2.45, 2.75) is 77.4 Å². The minimum Gasteiger partial charge on any atom is -0.507 e. The van der Waals surface area contributed by atoms with E-state index in [2.05, 4.69) is 0 Å². The van der Waals surface area contributed by atoms with Crippen molar-refractivity contribution < 1.29 is 38.3 Å². The molecule has 0 aromatic heterocycles. The second-order valence-electron chi connectivity index (χ2n) is 14.2. The predicted octanol–water partition coefficient (Wildman–Crippen LogP) is 9.97. The predicted molar refractivity (Wildman–Crippen MR) is 218 cm³/mol. The van der Waals surface area contributed by atoms with Crippen LogP contribution in [-0.2, 0) is 52.0 Å². The molecular formula is C49H48O8. The number of aromatic hydroxyl groups is 1. The van der Waals surface area contributed by atoms with E-state index in [0.29, 0.717) is 12.4 Å². The second kappa shape index (κ2) is 19.4. The summed E-state index contributed by atoms with van der Waals surface area (Å²) in [6.07, 6.45) is -3.63. The van der Waals surface area contributed by atoms with Crippen molar-refractivity contribution in [3.8, 4) is 17.2 Å². The van der Waals surface area contributed by atoms with E-state index in [1.54, 1.807) is 6.07 Å². The lowest BCUT2D eigenvalue weighted by atomic mass is 9.88. The Morgan fingerprint density at radius 1 is 0.526 bits per heavy atom. The maximum Gasteiger partial charge on any atom is 0.167 e. The molecule has 1 aliphatic rings. The van der Waals surface area contributed by atoms with E-state index in [1.807, 2.05) is 159 Å². The van der Waals surface area contributed by atoms with Crippen LogP contribution in [0.15, 0.2) is 158 Å². The van der Waals surface area contributed by atoms with E-state index < -0.39 is 30.5 Å². The summed E-state index contributed by atoms with van der Waals surface area (Å²) in [7, 11) is 0. The largest absolute Gasteiger partial charge is 0.507 e. The molecule has 1 heterocycles. The number of rotatable bonds is 17. The molecule has 0 radical (unpaired) electrons. The zero-order valence-electron chi connectivity index (χ0n) is 32.2. The zero-order valence-corrected chi connectivity index (χ0v) is 32.2. The Morgan fingerprint density at radius 3 is 1.32 bits per heavy atom. The summed E-state index contributed by atoms with van der Waals surface area (Å²) >= 11 is 0. The number of carbonyl (C=O) groups is 1. The van der Waals surface area contributed by atoms with Crippen molar-refractivity contribution in [2.75, 3.05) is 0 Å². The summed E-state index contributed by atoms with van der Waals surface area (Å²) in [5.41, 5.74) is 5.03. The molecule has 0 aliphatic carbocycles. The van der Waals surface area contributed by atoms with Gasteiger partial charge in [-0.05, 0) is 41.7 Å². The third kappa shape index (κ3) is 10.2. The highest BCUT2D eigenvalue weighted by molar-refractivity contribution is 6.00. The third-order valence-corrected chi connectivity index (χ3v) is 10.0. The van der Waals surface area contributed by atoms with Crippen LogP contribution in [-0.4, -0.2) is 35.3 Å². The normalized spacial score (nSPS) is 19.2. The van der Waals surface area contributed by atoms with Crippen molar-refractivity contribution in [2.24, 2.45) is 0 Å². The van der Waals surface area contributed by atoms with Crippen LogP contribution in [0.4, 0.5) is 0 Å². The summed E-state index contributed by atoms with van der Waals surface area (Å²) in [5, 5.41) is 12.4. The van der Waals surface area contributed by atoms with E-state index in [0.717, 1.165) is 27.8 Å². The lowest BCUT2D eigenvalue weighted by molar-refractivity contribution is -0.264. The fraction of sp³-hybridized carbons (Fsp3) is 0.245. The summed E-state index contributed by atoms with van der Waals surface area (Å²) < 4.78 is 40.1. The highest BCUT2D eigenvalue weighted by atomic mass is 16.6. The fourth-order valence-corrected chi connectivity index (χ4v) is 7.10. The molecule has 0 bridgehead atoms. The van der Waals surface area contributed by atoms with E-state index >= 15 is 0 Å². The summed E-state index contributed by atoms with van der Waals surface area (Å²) in [5.74, 6) is -0.187. The Bertz CT molecular complexity index is 2150. The fourth-order valence-electron chi connectivity index (χ4n) is 7.10. The van der Waals surface area contributed by atoms with E-state index in [4.69, 9.17) is 28.4 Å². The van der Waals surface area contributed by atoms with Crippen LogP contribution >= 0.6 is 0 Å². The van der Waals surface area contributed by atoms with Crippen molar-refractivity contribution in [3.05, 3.63) is 197 Å². The molecule has 1 fully saturated rings. The van der Waals surface area contributed by atoms with Gasteiger partial charge in [0.2, 0.25) is 0 Å². The molecule has 6 aromatic rings. The van der Waals surface area contributed by atoms with Crippen LogP contribution in [0.25, 0.3) is 0 Å². The molecule has 1 aliphatic heterocycles. The Balaban J connectivity index is 1.33. The minimum absolute atomic E-state index is 0.0234. The average Bonchev–Trinajstić information content (AvgIpc) is 3.25. The molecule has 8 nitrogen and oxygen atoms in total. The quantitative estimate of drug-likeness (QED) is 0.0919. The molecule has 0 unspecified atom stereocenters. The van der Waals surface area contributed by atoms with Gasteiger partial charge >= 0.3 is 0 Å². The molecule has 292 valence electrons. The van der Waals surface area contributed by atoms with Crippen molar-refractivity contribution in [1.82, 2.24) is 0 Å². The Labute approximate surface area is 334 Å². The Hall–Kier alpha value is -5.77. The molecule has 57 heavy (non-hydrogen) atoms. The molecule has 8 heteroatoms. The third-order valence-electron chi connectivity index (χ3n) is 10.0. The topological polar surface area (TPSA) is 92.7 Å². The van der Waals surface area contributed by atoms with Gasteiger partial charge in [0.15, 0.2) is 5.78 Å². The van der Waals surface area contributed by atoms with Crippen LogP contribution in [0.3, 0.4) is 0 Å². The van der Waals surface area contributed by atoms with Gasteiger partial charge in [-0.1, -0.05) is 152 Å². The molecular weight excluding hydrogens is 717 g/mol. The number of ketones is 1. The maximum absolute atomic E-state index is 13.5. The van der Waals surface area contributed by atoms with Gasteiger partial charge in [0.25, 0.3) is 0 Å². The molecule has 0 saturated carbocycles. The van der Waals surface area contributed by atoms with Crippen LogP contribution in [0.5, 0.6) is 17.2 Å². The van der Waals surface area contributed by atoms with Gasteiger partial charge in [-0.3, -0.25) is 4.79 Å². The standard InChI is InChI=1S/C49H48O8/c1-34(50)43-41(52-29-36-18-8-3-9-19-36)28-42(53-30-37-20-10-4-11-21-37)44(45(43)51)47-49(56-33-40-26-16-7-17-27-40)48(55-32-39-24-14-6-15-25-39)46(35(2)57-47)54-31-38-22-12-5-13-23-38/h3-28,35,46-49,51H,29-33H2,1-2H3/t35-,46-,47-,48+,49-/m0/s1. The lowest BCUT2D eigenvalue weighted by Gasteiger charge is -2.46. The van der Waals surface area contributed by atoms with Crippen molar-refractivity contribution in [3.63, 3.8) is 0 Å². The van der Waals surface area contributed by atoms with E-state index in [-0.39, 0.29) is 54.8 Å². The number of ether oxygens (including phenoxy) is 6. The Morgan fingerprint density at radius 2 is 0.895 bits per heavy atom. The zero-order chi connectivity index (χ0) is 39.4. The van der Waals surface area contributed by atoms with Crippen LogP contribution in [0, 0.1) is 0 Å². The van der Waals surface area contributed by atoms with Gasteiger partial charge in [-0.25, -0.2) is 0 Å². The number of hydrogen-bond acceptors (Lipinski definition) is 8. The Kier molecular flexibility index (Phi) is 13.4. The molecule has 0 spiro atoms. The average molecular weight is 765 g/mol. The number of phenols is 1. The van der Waals surface area contributed by atoms with Crippen molar-refractivity contribution in [1.29, 1.82) is 0 Å². The first kappa shape index (κ1) is 39.5. The highest BCUT2D eigenvalue weighted by Crippen LogP contribution is 2.49. The molecule has 1 saturated heterocycles. The smallest absolute Gasteiger partial charge is 0.167 e. The number of Topliss-reactive ketones (excluding diaryl/α,β-unsaturated/α-hetero) is 1. The van der Waals surface area contributed by atoms with Crippen LogP contribution in [0.1, 0.15) is 63.7 Å². The first-order valence-electron chi connectivity index (χ1n) is 19.3. The van der Waals surface area contributed by atoms with Gasteiger partial charge in [0.05, 0.1) is 31.5 Å². The van der Waals surface area contributed by atoms with Gasteiger partial charge in [-0.15, -0.1) is 0 Å². The number of carbonyl (C=O) groups excluding carboxylic acids is 1. The van der Waals surface area contributed by atoms with Gasteiger partial charge in [0.1, 0.15) is 60.4 Å². The van der Waals surface area contributed by atoms with Gasteiger partial charge < -0.3 is 33.5 Å². The van der Waals surface area contributed by atoms with Gasteiger partial charge in [-0.2, -0.15) is 0 Å². The first-order valence-corrected chi connectivity index (χ1v) is 19.3. The molecule has 6 aromatic carbocycles.